The van der Waals surface area contributed by atoms with Gasteiger partial charge < -0.3 is 0 Å². The van der Waals surface area contributed by atoms with E-state index in [1.807, 2.05) is 121 Å². The summed E-state index contributed by atoms with van der Waals surface area (Å²) in [6.45, 7) is 0. The van der Waals surface area contributed by atoms with Crippen molar-refractivity contribution in [3.63, 3.8) is 0 Å². The zero-order valence-electron chi connectivity index (χ0n) is 20.4. The predicted molar refractivity (Wildman–Crippen MR) is 152 cm³/mol. The van der Waals surface area contributed by atoms with E-state index in [9.17, 15) is 0 Å². The summed E-state index contributed by atoms with van der Waals surface area (Å²) >= 11 is 0. The molecular formula is C32H22N6. The van der Waals surface area contributed by atoms with Gasteiger partial charge in [-0.15, -0.1) is 10.2 Å². The van der Waals surface area contributed by atoms with E-state index in [-0.39, 0.29) is 0 Å². The number of hydrogen-bond donors (Lipinski definition) is 0. The molecule has 180 valence electrons. The fraction of sp³-hybridized carbons (Fsp3) is 0. The van der Waals surface area contributed by atoms with Gasteiger partial charge in [-0.2, -0.15) is 20.5 Å². The van der Waals surface area contributed by atoms with Crippen LogP contribution >= 0.6 is 0 Å². The topological polar surface area (TPSA) is 74.2 Å². The summed E-state index contributed by atoms with van der Waals surface area (Å²) in [5.41, 5.74) is 8.82. The Morgan fingerprint density at radius 1 is 0.289 bits per heavy atom. The largest absolute Gasteiger partial charge is 0.150 e. The molecule has 0 heterocycles. The molecule has 0 N–H and O–H groups in total. The van der Waals surface area contributed by atoms with Crippen LogP contribution in [0.3, 0.4) is 0 Å². The van der Waals surface area contributed by atoms with Crippen LogP contribution < -0.4 is 0 Å². The minimum Gasteiger partial charge on any atom is -0.150 e. The smallest absolute Gasteiger partial charge is 0.0935 e. The van der Waals surface area contributed by atoms with Crippen LogP contribution in [-0.4, -0.2) is 0 Å². The first-order chi connectivity index (χ1) is 18.8. The van der Waals surface area contributed by atoms with Crippen LogP contribution in [0, 0.1) is 0 Å². The van der Waals surface area contributed by atoms with E-state index in [4.69, 9.17) is 0 Å². The second-order valence-electron chi connectivity index (χ2n) is 8.64. The summed E-state index contributed by atoms with van der Waals surface area (Å²) in [5, 5.41) is 26.5. The van der Waals surface area contributed by atoms with Gasteiger partial charge in [-0.05, 0) is 59.7 Å². The van der Waals surface area contributed by atoms with E-state index in [1.54, 1.807) is 0 Å². The predicted octanol–water partition coefficient (Wildman–Crippen LogP) is 11.1. The van der Waals surface area contributed by atoms with Crippen molar-refractivity contribution in [3.05, 3.63) is 133 Å². The number of azo groups is 3. The summed E-state index contributed by atoms with van der Waals surface area (Å²) in [7, 11) is 0. The van der Waals surface area contributed by atoms with E-state index in [2.05, 4.69) is 42.8 Å². The number of benzene rings is 2. The van der Waals surface area contributed by atoms with E-state index in [0.717, 1.165) is 33.6 Å². The number of hydrogen-bond acceptors (Lipinski definition) is 6. The molecular weight excluding hydrogens is 468 g/mol. The molecule has 4 aliphatic carbocycles. The Morgan fingerprint density at radius 3 is 1.13 bits per heavy atom. The Morgan fingerprint density at radius 2 is 0.684 bits per heavy atom. The van der Waals surface area contributed by atoms with E-state index in [1.165, 1.54) is 0 Å². The maximum Gasteiger partial charge on any atom is 0.0935 e. The summed E-state index contributed by atoms with van der Waals surface area (Å²) in [5.74, 6) is 0. The Bertz CT molecular complexity index is 1610. The molecule has 2 aromatic rings. The molecule has 4 aliphatic rings. The zero-order valence-corrected chi connectivity index (χ0v) is 20.4. The minimum atomic E-state index is 0.684. The van der Waals surface area contributed by atoms with E-state index in [0.29, 0.717) is 22.7 Å². The summed E-state index contributed by atoms with van der Waals surface area (Å²) in [6.07, 6.45) is 0. The highest BCUT2D eigenvalue weighted by Gasteiger charge is 2.08. The molecule has 0 amide bonds. The normalized spacial score (nSPS) is 11.9. The third-order valence-electron chi connectivity index (χ3n) is 6.02. The highest BCUT2D eigenvalue weighted by atomic mass is 15.1. The average Bonchev–Trinajstić information content (AvgIpc) is 3.32. The third kappa shape index (κ3) is 5.24. The first-order valence-electron chi connectivity index (χ1n) is 12.2. The van der Waals surface area contributed by atoms with Crippen molar-refractivity contribution in [1.82, 2.24) is 0 Å². The van der Waals surface area contributed by atoms with Crippen LogP contribution in [0.1, 0.15) is 0 Å². The number of rotatable bonds is 6. The van der Waals surface area contributed by atoms with Crippen molar-refractivity contribution in [3.8, 4) is 22.3 Å². The Labute approximate surface area is 220 Å². The highest BCUT2D eigenvalue weighted by Crippen LogP contribution is 2.36. The molecule has 0 radical (unpaired) electrons. The Hall–Kier alpha value is -5.36. The van der Waals surface area contributed by atoms with Crippen LogP contribution in [0.25, 0.3) is 22.3 Å². The monoisotopic (exact) mass is 490 g/mol. The van der Waals surface area contributed by atoms with Crippen LogP contribution in [0.4, 0.5) is 34.1 Å². The second kappa shape index (κ2) is 10.7. The molecule has 6 rings (SSSR count). The Kier molecular flexibility index (Phi) is 6.51. The molecule has 0 aromatic heterocycles. The van der Waals surface area contributed by atoms with Crippen molar-refractivity contribution in [1.29, 1.82) is 0 Å². The molecule has 0 saturated carbocycles. The molecule has 0 bridgehead atoms. The zero-order chi connectivity index (χ0) is 25.6. The Balaban J connectivity index is 1.17. The lowest BCUT2D eigenvalue weighted by Crippen LogP contribution is -1.68. The summed E-state index contributed by atoms with van der Waals surface area (Å²) < 4.78 is 0. The van der Waals surface area contributed by atoms with Crippen molar-refractivity contribution < 1.29 is 0 Å². The van der Waals surface area contributed by atoms with Crippen molar-refractivity contribution >= 4 is 34.1 Å². The van der Waals surface area contributed by atoms with Gasteiger partial charge in [0.15, 0.2) is 0 Å². The van der Waals surface area contributed by atoms with Gasteiger partial charge in [-0.3, -0.25) is 0 Å². The fourth-order valence-electron chi connectivity index (χ4n) is 4.14. The van der Waals surface area contributed by atoms with E-state index >= 15 is 0 Å². The maximum atomic E-state index is 4.46. The maximum absolute atomic E-state index is 4.46. The molecule has 0 unspecified atom stereocenters. The van der Waals surface area contributed by atoms with Crippen molar-refractivity contribution in [2.24, 2.45) is 30.7 Å². The molecule has 0 aliphatic heterocycles. The lowest BCUT2D eigenvalue weighted by Gasteiger charge is -1.98. The van der Waals surface area contributed by atoms with Gasteiger partial charge in [0.05, 0.1) is 34.1 Å². The minimum absolute atomic E-state index is 0.684. The molecule has 0 fully saturated rings. The molecule has 0 atom stereocenters. The van der Waals surface area contributed by atoms with Gasteiger partial charge in [0.25, 0.3) is 0 Å². The lowest BCUT2D eigenvalue weighted by atomic mass is 10.2. The molecule has 6 heteroatoms. The van der Waals surface area contributed by atoms with Crippen LogP contribution in [-0.2, 0) is 0 Å². The lowest BCUT2D eigenvalue weighted by molar-refractivity contribution is 1.20. The van der Waals surface area contributed by atoms with Gasteiger partial charge in [-0.25, -0.2) is 0 Å². The fourth-order valence-corrected chi connectivity index (χ4v) is 4.14. The first kappa shape index (κ1) is 23.1. The molecule has 0 saturated heterocycles. The van der Waals surface area contributed by atoms with Crippen LogP contribution in [0.2, 0.25) is 0 Å². The number of fused-ring (bicyclic) bond motifs is 2. The average molecular weight is 491 g/mol. The van der Waals surface area contributed by atoms with Gasteiger partial charge in [0, 0.05) is 11.1 Å². The summed E-state index contributed by atoms with van der Waals surface area (Å²) in [4.78, 5) is 0. The van der Waals surface area contributed by atoms with Crippen LogP contribution in [0.5, 0.6) is 0 Å². The highest BCUT2D eigenvalue weighted by molar-refractivity contribution is 5.80. The molecule has 2 aromatic carbocycles. The quantitative estimate of drug-likeness (QED) is 0.208. The van der Waals surface area contributed by atoms with Gasteiger partial charge in [0.2, 0.25) is 0 Å². The first-order valence-corrected chi connectivity index (χ1v) is 12.2. The van der Waals surface area contributed by atoms with Gasteiger partial charge >= 0.3 is 0 Å². The second-order valence-corrected chi connectivity index (χ2v) is 8.64. The van der Waals surface area contributed by atoms with Crippen molar-refractivity contribution in [2.75, 3.05) is 0 Å². The molecule has 0 spiro atoms. The van der Waals surface area contributed by atoms with Crippen molar-refractivity contribution in [2.45, 2.75) is 0 Å². The standard InChI is InChI=1S/C32H22N6/c1-3-9-23-17-19-31(29(23)15-5-1)37-35-27-13-7-11-25(21-27)33-34-26-12-8-14-28(22-26)36-38-32-20-18-24-10-4-2-6-16-30(24)32/h1-22H. The summed E-state index contributed by atoms with van der Waals surface area (Å²) in [6, 6.07) is 43.3. The van der Waals surface area contributed by atoms with Gasteiger partial charge in [-0.1, -0.05) is 84.9 Å². The molecule has 38 heavy (non-hydrogen) atoms. The van der Waals surface area contributed by atoms with E-state index < -0.39 is 0 Å². The SMILES string of the molecule is c1ccc2ccc(N=Nc3cccc(N=Nc4cccc(N=Nc5ccc6cccccc5-6)c4)c3)c-2cc1. The number of nitrogens with zero attached hydrogens (tertiary/aromatic N) is 6. The third-order valence-corrected chi connectivity index (χ3v) is 6.02. The molecule has 6 nitrogen and oxygen atoms in total. The van der Waals surface area contributed by atoms with Crippen LogP contribution in [0.15, 0.2) is 164 Å². The van der Waals surface area contributed by atoms with Gasteiger partial charge in [0.1, 0.15) is 0 Å².